The number of nitrogen functional groups attached to an aromatic ring is 1. The number of fused-ring (bicyclic) bond motifs is 5. The number of aromatic nitrogens is 1. The summed E-state index contributed by atoms with van der Waals surface area (Å²) in [5.41, 5.74) is 27.6. The summed E-state index contributed by atoms with van der Waals surface area (Å²) < 4.78 is 0. The van der Waals surface area contributed by atoms with Gasteiger partial charge in [-0.3, -0.25) is 77.5 Å². The minimum Gasteiger partial charge on any atom is -0.481 e. The van der Waals surface area contributed by atoms with Crippen LogP contribution in [0.4, 0.5) is 10.6 Å². The second kappa shape index (κ2) is 43.8. The number of pyridine rings is 1. The molecular formula is C56H84N20O17S4. The normalized spacial score (nSPS) is 21.0. The van der Waals surface area contributed by atoms with Gasteiger partial charge in [0.25, 0.3) is 11.8 Å². The van der Waals surface area contributed by atoms with Gasteiger partial charge in [-0.15, -0.1) is 0 Å². The number of anilines is 1. The fourth-order valence-corrected chi connectivity index (χ4v) is 12.9. The highest BCUT2D eigenvalue weighted by molar-refractivity contribution is 8.77. The fourth-order valence-electron chi connectivity index (χ4n) is 8.40. The van der Waals surface area contributed by atoms with Crippen LogP contribution in [0.25, 0.3) is 0 Å². The maximum atomic E-state index is 14.2. The summed E-state index contributed by atoms with van der Waals surface area (Å²) in [4.78, 5) is 201. The number of Topliss-reactive ketones (excluding diaryl/α,β-unsaturated/α-hetero) is 1. The molecule has 41 heteroatoms. The number of nitrogens with one attached hydrogen (secondary N) is 12. The summed E-state index contributed by atoms with van der Waals surface area (Å²) in [7, 11) is 3.88. The van der Waals surface area contributed by atoms with Crippen molar-refractivity contribution in [1.29, 1.82) is 0 Å². The lowest BCUT2D eigenvalue weighted by Crippen LogP contribution is -2.60. The molecule has 4 rings (SSSR count). The molecule has 2 saturated heterocycles. The second-order valence-electron chi connectivity index (χ2n) is 21.7. The highest BCUT2D eigenvalue weighted by atomic mass is 33.1. The Morgan fingerprint density at radius 2 is 1.30 bits per heavy atom. The number of primary amides is 1. The number of carboxylic acids is 2. The standard InChI is InChI=1S/C39H58N14O13S4.C17H26N6O4/c1-19-15-67-70-18-53(52-31(59)20(2)40)39(66)51-25(13-30(57)58)35(63)50-26-16-68-69-17-27(37(65)48-23(33(61)45-19)11-21-7-4-3-5-8-21)49-34(62)24(12-29(55)56)46-28(54)14-44-32(60)22(47-36(26)64)9-6-10-43-38(41)42;1-11(24)21-10-14(25)8-12(16(18)26)4-2-3-7-20-17(27)13-5-6-15(23-19)22-9-13/h3-5,7-8,19-20,22-27H,6,9-18,40H2,1-2H3,(H,44,60)(H,45,61)(H,46,54)(H,47,64)(H,48,65)(H,49,62)(H,50,63)(H,51,66)(H,52,59)(H,55,56)(H,57,58)(H4,41,42,43);5-6,9,12H,2-4,7-8,10,19H2,1H3,(H2,18,26)(H,20,27)(H,21,24)(H,22,23)/t19-,20+,22+,23+,24+,25+,26+,27+;12-/m11/s1. The monoisotopic (exact) mass is 1440 g/mol. The van der Waals surface area contributed by atoms with Crippen LogP contribution in [0.3, 0.4) is 0 Å². The van der Waals surface area contributed by atoms with Crippen molar-refractivity contribution in [3.8, 4) is 0 Å². The van der Waals surface area contributed by atoms with Crippen LogP contribution in [0, 0.1) is 5.92 Å². The van der Waals surface area contributed by atoms with Gasteiger partial charge in [0.05, 0.1) is 43.4 Å². The number of nitrogens with zero attached hydrogens (tertiary/aromatic N) is 3. The maximum Gasteiger partial charge on any atom is 0.337 e. The maximum absolute atomic E-state index is 14.2. The highest BCUT2D eigenvalue weighted by Gasteiger charge is 2.36. The average molecular weight is 1440 g/mol. The molecule has 9 atom stereocenters. The first-order chi connectivity index (χ1) is 46.0. The lowest BCUT2D eigenvalue weighted by molar-refractivity contribution is -0.141. The molecule has 24 N–H and O–H groups in total. The van der Waals surface area contributed by atoms with E-state index in [1.165, 1.54) is 20.0 Å². The van der Waals surface area contributed by atoms with E-state index in [2.05, 4.69) is 74.0 Å². The molecule has 2 bridgehead atoms. The quantitative estimate of drug-likeness (QED) is 0.0117. The highest BCUT2D eigenvalue weighted by Crippen LogP contribution is 2.25. The SMILES string of the molecule is CC(=O)NCC(=O)C[C@@H](CCCCNC(=O)c1ccc(NN)nc1)C(N)=O.C[C@@H]1CSSCN(NC(=O)[C@H](C)N)C(=O)N[C@@H](CC(=O)O)C(=O)N[C@H]2CSSC[C@H](NC(=O)[C@H](CC(=O)O)NC(=O)CNC(=O)[C@H](CCCN=C(N)N)NC2=O)C(=O)N[C@@H](Cc2ccccc2)C(=O)N1. The van der Waals surface area contributed by atoms with Crippen molar-refractivity contribution in [2.45, 2.75) is 127 Å². The predicted molar refractivity (Wildman–Crippen MR) is 360 cm³/mol. The van der Waals surface area contributed by atoms with Gasteiger partial charge in [0.15, 0.2) is 11.7 Å². The number of unbranched alkanes of at least 4 members (excludes halogenated alkanes) is 1. The van der Waals surface area contributed by atoms with E-state index in [4.69, 9.17) is 28.8 Å². The van der Waals surface area contributed by atoms with Gasteiger partial charge in [0.2, 0.25) is 53.2 Å². The second-order valence-corrected chi connectivity index (χ2v) is 26.7. The fraction of sp³-hybridized carbons (Fsp3) is 0.518. The number of urea groups is 1. The van der Waals surface area contributed by atoms with Gasteiger partial charge in [-0.2, -0.15) is 0 Å². The third-order valence-electron chi connectivity index (χ3n) is 13.5. The first-order valence-electron chi connectivity index (χ1n) is 30.0. The van der Waals surface area contributed by atoms with Crippen molar-refractivity contribution in [1.82, 2.24) is 68.6 Å². The first-order valence-corrected chi connectivity index (χ1v) is 34.9. The Bertz CT molecular complexity index is 3100. The van der Waals surface area contributed by atoms with E-state index in [-0.39, 0.29) is 85.5 Å². The Morgan fingerprint density at radius 3 is 1.86 bits per heavy atom. The number of aliphatic imine (C=N–C) groups is 1. The summed E-state index contributed by atoms with van der Waals surface area (Å²) >= 11 is 0. The molecule has 2 aliphatic rings. The number of carbonyl (C=O) groups is 15. The largest absolute Gasteiger partial charge is 0.481 e. The van der Waals surface area contributed by atoms with E-state index < -0.39 is 145 Å². The molecule has 13 amide bonds. The molecule has 2 aliphatic heterocycles. The zero-order chi connectivity index (χ0) is 72.1. The summed E-state index contributed by atoms with van der Waals surface area (Å²) in [6.45, 7) is 3.76. The van der Waals surface area contributed by atoms with Crippen molar-refractivity contribution >= 4 is 144 Å². The third kappa shape index (κ3) is 32.9. The molecule has 0 spiro atoms. The first kappa shape index (κ1) is 82.0. The van der Waals surface area contributed by atoms with E-state index in [0.717, 1.165) is 48.2 Å². The van der Waals surface area contributed by atoms with Gasteiger partial charge in [-0.1, -0.05) is 79.9 Å². The third-order valence-corrected chi connectivity index (χ3v) is 18.3. The van der Waals surface area contributed by atoms with E-state index in [1.54, 1.807) is 49.4 Å². The van der Waals surface area contributed by atoms with Gasteiger partial charge in [-0.05, 0) is 57.2 Å². The number of hydrogen-bond acceptors (Lipinski definition) is 24. The average Bonchev–Trinajstić information content (AvgIpc) is 1.42. The lowest BCUT2D eigenvalue weighted by Gasteiger charge is -2.28. The summed E-state index contributed by atoms with van der Waals surface area (Å²) in [5, 5.41) is 45.0. The number of ketones is 1. The van der Waals surface area contributed by atoms with E-state index in [9.17, 15) is 82.1 Å². The molecule has 0 saturated carbocycles. The Morgan fingerprint density at radius 1 is 0.701 bits per heavy atom. The van der Waals surface area contributed by atoms with Crippen LogP contribution in [0.15, 0.2) is 53.7 Å². The molecule has 1 aromatic carbocycles. The molecule has 534 valence electrons. The number of nitrogens with two attached hydrogens (primary N) is 5. The van der Waals surface area contributed by atoms with Crippen LogP contribution in [0.5, 0.6) is 0 Å². The molecule has 2 fully saturated rings. The molecular weight excluding hydrogens is 1350 g/mol. The number of aliphatic carboxylic acids is 2. The Kier molecular flexibility index (Phi) is 37.0. The molecule has 37 nitrogen and oxygen atoms in total. The Labute approximate surface area is 572 Å². The number of hydrogen-bond donors (Lipinski definition) is 19. The molecule has 1 aromatic heterocycles. The van der Waals surface area contributed by atoms with Crippen LogP contribution in [0.2, 0.25) is 0 Å². The Balaban J connectivity index is 0.000000755. The molecule has 0 aliphatic carbocycles. The smallest absolute Gasteiger partial charge is 0.337 e. The van der Waals surface area contributed by atoms with Crippen molar-refractivity contribution in [2.75, 3.05) is 54.7 Å². The molecule has 0 unspecified atom stereocenters. The van der Waals surface area contributed by atoms with E-state index in [0.29, 0.717) is 42.8 Å². The van der Waals surface area contributed by atoms with Crippen LogP contribution in [-0.2, 0) is 68.7 Å². The summed E-state index contributed by atoms with van der Waals surface area (Å²) in [6.07, 6.45) is 1.02. The molecule has 97 heavy (non-hydrogen) atoms. The van der Waals surface area contributed by atoms with Crippen LogP contribution in [0.1, 0.15) is 88.1 Å². The lowest BCUT2D eigenvalue weighted by atomic mass is 9.95. The van der Waals surface area contributed by atoms with Crippen molar-refractivity contribution < 1.29 is 82.1 Å². The molecule has 3 heterocycles. The topological polar surface area (TPSA) is 599 Å². The Hall–Kier alpha value is -9.19. The van der Waals surface area contributed by atoms with Gasteiger partial charge in [0, 0.05) is 68.3 Å². The van der Waals surface area contributed by atoms with Crippen molar-refractivity contribution in [3.05, 3.63) is 59.8 Å². The van der Waals surface area contributed by atoms with E-state index >= 15 is 0 Å². The van der Waals surface area contributed by atoms with Crippen LogP contribution in [-0.4, -0.2) is 213 Å². The van der Waals surface area contributed by atoms with Crippen LogP contribution >= 0.6 is 43.2 Å². The number of carboxylic acid groups (broad SMARTS) is 2. The number of amides is 13. The number of carbonyl (C=O) groups excluding carboxylic acids is 13. The summed E-state index contributed by atoms with van der Waals surface area (Å²) in [6, 6.07) is -0.574. The number of rotatable bonds is 24. The van der Waals surface area contributed by atoms with Crippen LogP contribution < -0.4 is 92.8 Å². The van der Waals surface area contributed by atoms with Gasteiger partial charge < -0.3 is 91.7 Å². The minimum atomic E-state index is -1.89. The molecule has 0 radical (unpaired) electrons. The predicted octanol–water partition coefficient (Wildman–Crippen LogP) is -4.75. The van der Waals surface area contributed by atoms with Gasteiger partial charge >= 0.3 is 18.0 Å². The van der Waals surface area contributed by atoms with Gasteiger partial charge in [-0.25, -0.2) is 20.6 Å². The number of guanidine groups is 1. The number of hydrazine groups is 2. The van der Waals surface area contributed by atoms with E-state index in [1.807, 2.05) is 0 Å². The minimum absolute atomic E-state index is 0.00479. The zero-order valence-corrected chi connectivity index (χ0v) is 56.5. The van der Waals surface area contributed by atoms with Crippen molar-refractivity contribution in [2.24, 2.45) is 39.7 Å². The number of benzene rings is 1. The van der Waals surface area contributed by atoms with Crippen molar-refractivity contribution in [3.63, 3.8) is 0 Å². The zero-order valence-electron chi connectivity index (χ0n) is 53.2. The van der Waals surface area contributed by atoms with Gasteiger partial charge in [0.1, 0.15) is 42.1 Å². The molecule has 2 aromatic rings. The summed E-state index contributed by atoms with van der Waals surface area (Å²) in [5.74, 6) is -8.13.